The molecule has 1 saturated carbocycles. The van der Waals surface area contributed by atoms with Crippen LogP contribution in [0.15, 0.2) is 24.3 Å². The first-order valence-corrected chi connectivity index (χ1v) is 6.60. The van der Waals surface area contributed by atoms with Crippen LogP contribution in [0.1, 0.15) is 31.2 Å². The number of non-ortho nitro benzene ring substituents is 1. The molecule has 0 radical (unpaired) electrons. The summed E-state index contributed by atoms with van der Waals surface area (Å²) in [4.78, 5) is 22.3. The van der Waals surface area contributed by atoms with E-state index in [1.165, 1.54) is 12.1 Å². The summed E-state index contributed by atoms with van der Waals surface area (Å²) in [5, 5.41) is 22.7. The highest BCUT2D eigenvalue weighted by Crippen LogP contribution is 2.44. The summed E-state index contributed by atoms with van der Waals surface area (Å²) >= 11 is 0. The number of nitrogens with one attached hydrogen (secondary N) is 1. The average Bonchev–Trinajstić information content (AvgIpc) is 3.24. The van der Waals surface area contributed by atoms with Crippen molar-refractivity contribution in [3.05, 3.63) is 39.9 Å². The number of amides is 1. The van der Waals surface area contributed by atoms with Gasteiger partial charge < -0.3 is 10.4 Å². The highest BCUT2D eigenvalue weighted by atomic mass is 16.6. The SMILES string of the molecule is CC(C(=O)NCC1(CO)CC1)c1cccc([N+](=O)[O-])c1. The number of aliphatic hydroxyl groups excluding tert-OH is 1. The maximum absolute atomic E-state index is 12.1. The number of aliphatic hydroxyl groups is 1. The van der Waals surface area contributed by atoms with Crippen LogP contribution in [0.2, 0.25) is 0 Å². The topological polar surface area (TPSA) is 92.5 Å². The van der Waals surface area contributed by atoms with Gasteiger partial charge in [0.15, 0.2) is 0 Å². The monoisotopic (exact) mass is 278 g/mol. The second kappa shape index (κ2) is 5.58. The maximum atomic E-state index is 12.1. The highest BCUT2D eigenvalue weighted by Gasteiger charge is 2.42. The normalized spacial score (nSPS) is 17.3. The molecule has 1 aromatic carbocycles. The Hall–Kier alpha value is -1.95. The summed E-state index contributed by atoms with van der Waals surface area (Å²) in [6, 6.07) is 6.10. The molecule has 108 valence electrons. The molecule has 0 aromatic heterocycles. The zero-order chi connectivity index (χ0) is 14.8. The molecule has 2 N–H and O–H groups in total. The molecule has 0 saturated heterocycles. The minimum atomic E-state index is -0.473. The average molecular weight is 278 g/mol. The van der Waals surface area contributed by atoms with Gasteiger partial charge in [-0.3, -0.25) is 14.9 Å². The first kappa shape index (κ1) is 14.5. The van der Waals surface area contributed by atoms with E-state index in [4.69, 9.17) is 0 Å². The highest BCUT2D eigenvalue weighted by molar-refractivity contribution is 5.83. The molecule has 20 heavy (non-hydrogen) atoms. The molecule has 0 spiro atoms. The summed E-state index contributed by atoms with van der Waals surface area (Å²) < 4.78 is 0. The summed E-state index contributed by atoms with van der Waals surface area (Å²) in [6.07, 6.45) is 1.85. The molecule has 0 aliphatic heterocycles. The molecule has 6 nitrogen and oxygen atoms in total. The fourth-order valence-electron chi connectivity index (χ4n) is 2.05. The van der Waals surface area contributed by atoms with Crippen LogP contribution in [0.25, 0.3) is 0 Å². The number of hydrogen-bond acceptors (Lipinski definition) is 4. The van der Waals surface area contributed by atoms with Gasteiger partial charge in [0.1, 0.15) is 0 Å². The number of rotatable bonds is 6. The van der Waals surface area contributed by atoms with Crippen LogP contribution in [-0.2, 0) is 4.79 Å². The molecule has 0 bridgehead atoms. The molecule has 1 unspecified atom stereocenters. The van der Waals surface area contributed by atoms with Crippen LogP contribution in [-0.4, -0.2) is 29.1 Å². The summed E-state index contributed by atoms with van der Waals surface area (Å²) in [5.74, 6) is -0.630. The smallest absolute Gasteiger partial charge is 0.269 e. The molecule has 1 aliphatic rings. The lowest BCUT2D eigenvalue weighted by atomic mass is 9.99. The molecule has 2 rings (SSSR count). The first-order valence-electron chi connectivity index (χ1n) is 6.60. The fourth-order valence-corrected chi connectivity index (χ4v) is 2.05. The Morgan fingerprint density at radius 1 is 1.55 bits per heavy atom. The van der Waals surface area contributed by atoms with E-state index in [1.807, 2.05) is 0 Å². The van der Waals surface area contributed by atoms with Crippen molar-refractivity contribution >= 4 is 11.6 Å². The van der Waals surface area contributed by atoms with Crippen LogP contribution in [0.3, 0.4) is 0 Å². The second-order valence-electron chi connectivity index (χ2n) is 5.45. The Kier molecular flexibility index (Phi) is 4.04. The summed E-state index contributed by atoms with van der Waals surface area (Å²) in [7, 11) is 0. The largest absolute Gasteiger partial charge is 0.396 e. The van der Waals surface area contributed by atoms with Crippen molar-refractivity contribution in [2.24, 2.45) is 5.41 Å². The van der Waals surface area contributed by atoms with E-state index in [2.05, 4.69) is 5.32 Å². The van der Waals surface area contributed by atoms with Crippen molar-refractivity contribution in [2.45, 2.75) is 25.7 Å². The van der Waals surface area contributed by atoms with Gasteiger partial charge >= 0.3 is 0 Å². The fraction of sp³-hybridized carbons (Fsp3) is 0.500. The lowest BCUT2D eigenvalue weighted by molar-refractivity contribution is -0.384. The maximum Gasteiger partial charge on any atom is 0.269 e. The van der Waals surface area contributed by atoms with Gasteiger partial charge in [-0.2, -0.15) is 0 Å². The van der Waals surface area contributed by atoms with E-state index in [-0.39, 0.29) is 23.6 Å². The van der Waals surface area contributed by atoms with Crippen LogP contribution >= 0.6 is 0 Å². The lowest BCUT2D eigenvalue weighted by Gasteiger charge is -2.16. The minimum Gasteiger partial charge on any atom is -0.396 e. The van der Waals surface area contributed by atoms with Gasteiger partial charge in [0.05, 0.1) is 17.4 Å². The molecule has 1 atom stereocenters. The molecule has 1 aliphatic carbocycles. The van der Waals surface area contributed by atoms with Gasteiger partial charge in [-0.1, -0.05) is 12.1 Å². The Bertz CT molecular complexity index is 526. The predicted octanol–water partition coefficient (Wildman–Crippen LogP) is 1.59. The van der Waals surface area contributed by atoms with Crippen LogP contribution in [0.5, 0.6) is 0 Å². The lowest BCUT2D eigenvalue weighted by Crippen LogP contribution is -2.34. The van der Waals surface area contributed by atoms with Crippen molar-refractivity contribution in [3.63, 3.8) is 0 Å². The van der Waals surface area contributed by atoms with Gasteiger partial charge in [-0.15, -0.1) is 0 Å². The van der Waals surface area contributed by atoms with E-state index in [0.29, 0.717) is 12.1 Å². The van der Waals surface area contributed by atoms with Crippen molar-refractivity contribution in [2.75, 3.05) is 13.2 Å². The zero-order valence-electron chi connectivity index (χ0n) is 11.3. The Labute approximate surface area is 117 Å². The van der Waals surface area contributed by atoms with E-state index in [9.17, 15) is 20.0 Å². The third-order valence-corrected chi connectivity index (χ3v) is 3.90. The zero-order valence-corrected chi connectivity index (χ0v) is 11.3. The number of carbonyl (C=O) groups is 1. The number of benzene rings is 1. The van der Waals surface area contributed by atoms with E-state index >= 15 is 0 Å². The number of hydrogen-bond donors (Lipinski definition) is 2. The van der Waals surface area contributed by atoms with Gasteiger partial charge in [0.2, 0.25) is 5.91 Å². The van der Waals surface area contributed by atoms with E-state index in [0.717, 1.165) is 12.8 Å². The summed E-state index contributed by atoms with van der Waals surface area (Å²) in [6.45, 7) is 2.26. The quantitative estimate of drug-likeness (QED) is 0.610. The van der Waals surface area contributed by atoms with Crippen molar-refractivity contribution < 1.29 is 14.8 Å². The molecule has 6 heteroatoms. The Morgan fingerprint density at radius 2 is 2.25 bits per heavy atom. The molecular weight excluding hydrogens is 260 g/mol. The number of carbonyl (C=O) groups excluding carboxylic acids is 1. The van der Waals surface area contributed by atoms with Gasteiger partial charge in [-0.05, 0) is 25.3 Å². The molecule has 1 amide bonds. The van der Waals surface area contributed by atoms with Gasteiger partial charge in [0.25, 0.3) is 5.69 Å². The van der Waals surface area contributed by atoms with E-state index < -0.39 is 10.8 Å². The molecule has 1 aromatic rings. The van der Waals surface area contributed by atoms with Crippen molar-refractivity contribution in [1.82, 2.24) is 5.32 Å². The van der Waals surface area contributed by atoms with E-state index in [1.54, 1.807) is 19.1 Å². The summed E-state index contributed by atoms with van der Waals surface area (Å²) in [5.41, 5.74) is 0.458. The van der Waals surface area contributed by atoms with Crippen LogP contribution < -0.4 is 5.32 Å². The van der Waals surface area contributed by atoms with Gasteiger partial charge in [-0.25, -0.2) is 0 Å². The third kappa shape index (κ3) is 3.14. The number of nitro groups is 1. The Balaban J connectivity index is 1.99. The number of nitro benzene ring substituents is 1. The Morgan fingerprint density at radius 3 is 2.80 bits per heavy atom. The van der Waals surface area contributed by atoms with Crippen LogP contribution in [0.4, 0.5) is 5.69 Å². The van der Waals surface area contributed by atoms with Crippen LogP contribution in [0, 0.1) is 15.5 Å². The third-order valence-electron chi connectivity index (χ3n) is 3.90. The molecular formula is C14H18N2O4. The van der Waals surface area contributed by atoms with Crippen molar-refractivity contribution in [3.8, 4) is 0 Å². The standard InChI is InChI=1S/C14H18N2O4/c1-10(11-3-2-4-12(7-11)16(19)20)13(18)15-8-14(9-17)5-6-14/h2-4,7,10,17H,5-6,8-9H2,1H3,(H,15,18). The minimum absolute atomic E-state index is 0.0174. The second-order valence-corrected chi connectivity index (χ2v) is 5.45. The molecule has 0 heterocycles. The first-order chi connectivity index (χ1) is 9.47. The predicted molar refractivity (Wildman–Crippen MR) is 73.3 cm³/mol. The number of nitrogens with zero attached hydrogens (tertiary/aromatic N) is 1. The van der Waals surface area contributed by atoms with Crippen molar-refractivity contribution in [1.29, 1.82) is 0 Å². The van der Waals surface area contributed by atoms with Gasteiger partial charge in [0, 0.05) is 24.1 Å². The molecule has 1 fully saturated rings.